The summed E-state index contributed by atoms with van der Waals surface area (Å²) < 4.78 is 48.4. The Morgan fingerprint density at radius 2 is 1.81 bits per heavy atom. The zero-order valence-corrected chi connectivity index (χ0v) is 32.8. The first-order valence-electron chi connectivity index (χ1n) is 18.3. The van der Waals surface area contributed by atoms with Gasteiger partial charge in [-0.25, -0.2) is 23.1 Å². The summed E-state index contributed by atoms with van der Waals surface area (Å²) in [6, 6.07) is 17.2. The molecule has 1 amide bonds. The largest absolute Gasteiger partial charge is 0.488 e. The Kier molecular flexibility index (Phi) is 11.6. The average molecular weight is 756 g/mol. The number of methoxy groups -OCH3 is 1. The highest BCUT2D eigenvalue weighted by Crippen LogP contribution is 2.40. The van der Waals surface area contributed by atoms with Gasteiger partial charge in [0, 0.05) is 57.1 Å². The highest BCUT2D eigenvalue weighted by atomic mass is 32.2. The van der Waals surface area contributed by atoms with Gasteiger partial charge in [0.15, 0.2) is 0 Å². The molecular formula is C40H49N7O6S. The van der Waals surface area contributed by atoms with Crippen molar-refractivity contribution in [2.75, 3.05) is 26.9 Å². The summed E-state index contributed by atoms with van der Waals surface area (Å²) >= 11 is 0. The van der Waals surface area contributed by atoms with E-state index >= 15 is 0 Å². The van der Waals surface area contributed by atoms with Gasteiger partial charge in [-0.2, -0.15) is 4.31 Å². The van der Waals surface area contributed by atoms with Gasteiger partial charge in [0.25, 0.3) is 5.91 Å². The molecule has 0 bridgehead atoms. The monoisotopic (exact) mass is 755 g/mol. The maximum Gasteiger partial charge on any atom is 0.316 e. The first-order chi connectivity index (χ1) is 25.9. The van der Waals surface area contributed by atoms with Gasteiger partial charge in [0.1, 0.15) is 22.3 Å². The summed E-state index contributed by atoms with van der Waals surface area (Å²) in [6.07, 6.45) is 3.94. The van der Waals surface area contributed by atoms with E-state index in [1.165, 1.54) is 16.7 Å². The number of amides is 1. The molecule has 0 saturated carbocycles. The number of fused-ring (bicyclic) bond motifs is 2. The number of para-hydroxylation sites is 1. The number of carbonyl (C=O) groups is 1. The molecule has 0 unspecified atom stereocenters. The van der Waals surface area contributed by atoms with Gasteiger partial charge in [-0.1, -0.05) is 48.5 Å². The second-order valence-electron chi connectivity index (χ2n) is 14.2. The number of sulfonamides is 1. The first-order valence-corrected chi connectivity index (χ1v) is 19.8. The number of nitrogens with zero attached hydrogens (tertiary/aromatic N) is 6. The van der Waals surface area contributed by atoms with Gasteiger partial charge in [-0.3, -0.25) is 4.79 Å². The maximum atomic E-state index is 14.1. The Morgan fingerprint density at radius 1 is 1.06 bits per heavy atom. The quantitative estimate of drug-likeness (QED) is 0.134. The Labute approximate surface area is 317 Å². The van der Waals surface area contributed by atoms with Crippen LogP contribution in [0.4, 0.5) is 0 Å². The molecule has 2 aromatic heterocycles. The highest BCUT2D eigenvalue weighted by Gasteiger charge is 2.38. The first kappa shape index (κ1) is 38.8. The molecule has 2 atom stereocenters. The van der Waals surface area contributed by atoms with E-state index in [2.05, 4.69) is 37.7 Å². The van der Waals surface area contributed by atoms with Crippen molar-refractivity contribution in [2.24, 2.45) is 0 Å². The van der Waals surface area contributed by atoms with Crippen LogP contribution in [0, 0.1) is 13.8 Å². The third-order valence-electron chi connectivity index (χ3n) is 10.0. The molecule has 0 aliphatic carbocycles. The fourth-order valence-corrected chi connectivity index (χ4v) is 8.63. The van der Waals surface area contributed by atoms with Crippen LogP contribution < -0.4 is 14.8 Å². The standard InChI is InChI=1S/C40H49N7O6S/c1-8-31-25-46(54(49,50)35-14-11-10-13-34(35)53-31)24-29-21-28(16-15-26(29)3)36(32-17-18-33-37(27(32)4)44-45-47(33)9-2)40(5,6)43-38(48)30-22-41-39(42-23-30)52-20-12-19-51-7/h10-11,13-18,21-23,31,36H,8-9,12,19-20,24-25H2,1-7H3,(H,43,48)/t31-,36+/m1/s1. The Bertz CT molecular complexity index is 2220. The summed E-state index contributed by atoms with van der Waals surface area (Å²) in [4.78, 5) is 22.5. The fourth-order valence-electron chi connectivity index (χ4n) is 7.06. The third-order valence-corrected chi connectivity index (χ3v) is 11.9. The number of aromatic nitrogens is 5. The van der Waals surface area contributed by atoms with Crippen LogP contribution in [0.25, 0.3) is 11.0 Å². The van der Waals surface area contributed by atoms with E-state index in [1.807, 2.05) is 64.4 Å². The second-order valence-corrected chi connectivity index (χ2v) is 16.1. The number of rotatable bonds is 14. The minimum absolute atomic E-state index is 0.149. The number of carbonyl (C=O) groups excluding carboxylic acids is 1. The summed E-state index contributed by atoms with van der Waals surface area (Å²) in [6.45, 7) is 14.0. The number of benzene rings is 3. The smallest absolute Gasteiger partial charge is 0.316 e. The third kappa shape index (κ3) is 7.96. The maximum absolute atomic E-state index is 14.1. The summed E-state index contributed by atoms with van der Waals surface area (Å²) in [5.41, 5.74) is 5.70. The van der Waals surface area contributed by atoms with Crippen LogP contribution >= 0.6 is 0 Å². The molecule has 14 heteroatoms. The Morgan fingerprint density at radius 3 is 2.54 bits per heavy atom. The molecule has 1 aliphatic rings. The van der Waals surface area contributed by atoms with E-state index in [1.54, 1.807) is 31.4 Å². The zero-order chi connectivity index (χ0) is 38.6. The second kappa shape index (κ2) is 16.2. The van der Waals surface area contributed by atoms with E-state index < -0.39 is 21.5 Å². The molecule has 0 spiro atoms. The van der Waals surface area contributed by atoms with Crippen molar-refractivity contribution in [3.63, 3.8) is 0 Å². The molecule has 6 rings (SSSR count). The summed E-state index contributed by atoms with van der Waals surface area (Å²) in [7, 11) is -2.24. The fraction of sp³-hybridized carbons (Fsp3) is 0.425. The highest BCUT2D eigenvalue weighted by molar-refractivity contribution is 7.89. The van der Waals surface area contributed by atoms with Gasteiger partial charge in [0.2, 0.25) is 10.0 Å². The van der Waals surface area contributed by atoms with Crippen LogP contribution in [-0.4, -0.2) is 82.1 Å². The number of hydrogen-bond acceptors (Lipinski definition) is 10. The van der Waals surface area contributed by atoms with Crippen LogP contribution in [0.1, 0.15) is 84.6 Å². The van der Waals surface area contributed by atoms with Gasteiger partial charge in [-0.15, -0.1) is 5.10 Å². The normalized spacial score (nSPS) is 16.3. The molecule has 13 nitrogen and oxygen atoms in total. The van der Waals surface area contributed by atoms with E-state index in [9.17, 15) is 13.2 Å². The average Bonchev–Trinajstić information content (AvgIpc) is 3.55. The number of nitrogens with one attached hydrogen (secondary N) is 1. The van der Waals surface area contributed by atoms with Crippen molar-refractivity contribution in [3.05, 3.63) is 100 Å². The molecule has 0 fully saturated rings. The molecule has 3 heterocycles. The van der Waals surface area contributed by atoms with Crippen LogP contribution in [-0.2, 0) is 27.8 Å². The van der Waals surface area contributed by atoms with Crippen LogP contribution in [0.2, 0.25) is 0 Å². The molecule has 54 heavy (non-hydrogen) atoms. The lowest BCUT2D eigenvalue weighted by Crippen LogP contribution is -2.48. The molecule has 5 aromatic rings. The van der Waals surface area contributed by atoms with Gasteiger partial charge < -0.3 is 19.5 Å². The van der Waals surface area contributed by atoms with Crippen LogP contribution in [0.3, 0.4) is 0 Å². The SMILES string of the molecule is CC[C@@H]1CN(Cc2cc([C@@H](c3ccc4c(nnn4CC)c3C)C(C)(C)NC(=O)c3cnc(OCCCOC)nc3)ccc2C)S(=O)(=O)c2ccccc2O1. The summed E-state index contributed by atoms with van der Waals surface area (Å²) in [5, 5.41) is 12.2. The van der Waals surface area contributed by atoms with Crippen molar-refractivity contribution >= 4 is 27.0 Å². The number of hydrogen-bond donors (Lipinski definition) is 1. The lowest BCUT2D eigenvalue weighted by Gasteiger charge is -2.37. The summed E-state index contributed by atoms with van der Waals surface area (Å²) in [5.74, 6) is -0.372. The van der Waals surface area contributed by atoms with Gasteiger partial charge in [0.05, 0.1) is 24.2 Å². The molecule has 0 saturated heterocycles. The van der Waals surface area contributed by atoms with Crippen molar-refractivity contribution in [2.45, 2.75) is 89.9 Å². The molecular weight excluding hydrogens is 707 g/mol. The Hall–Kier alpha value is -4.92. The van der Waals surface area contributed by atoms with E-state index in [0.29, 0.717) is 38.3 Å². The van der Waals surface area contributed by atoms with Crippen molar-refractivity contribution in [3.8, 4) is 11.8 Å². The molecule has 0 radical (unpaired) electrons. The van der Waals surface area contributed by atoms with Crippen LogP contribution in [0.15, 0.2) is 71.9 Å². The predicted molar refractivity (Wildman–Crippen MR) is 205 cm³/mol. The van der Waals surface area contributed by atoms with Crippen LogP contribution in [0.5, 0.6) is 11.8 Å². The molecule has 1 aliphatic heterocycles. The minimum Gasteiger partial charge on any atom is -0.488 e. The van der Waals surface area contributed by atoms with E-state index in [-0.39, 0.29) is 41.6 Å². The van der Waals surface area contributed by atoms with Crippen molar-refractivity contribution in [1.29, 1.82) is 0 Å². The lowest BCUT2D eigenvalue weighted by atomic mass is 9.74. The Balaban J connectivity index is 1.38. The number of aryl methyl sites for hydroxylation is 3. The van der Waals surface area contributed by atoms with Gasteiger partial charge >= 0.3 is 6.01 Å². The zero-order valence-electron chi connectivity index (χ0n) is 32.0. The molecule has 1 N–H and O–H groups in total. The molecule has 3 aromatic carbocycles. The van der Waals surface area contributed by atoms with Gasteiger partial charge in [-0.05, 0) is 87.1 Å². The predicted octanol–water partition coefficient (Wildman–Crippen LogP) is 5.98. The lowest BCUT2D eigenvalue weighted by molar-refractivity contribution is 0.0904. The molecule has 286 valence electrons. The minimum atomic E-state index is -3.87. The van der Waals surface area contributed by atoms with Crippen molar-refractivity contribution in [1.82, 2.24) is 34.6 Å². The van der Waals surface area contributed by atoms with Crippen molar-refractivity contribution < 1.29 is 27.4 Å². The topological polar surface area (TPSA) is 151 Å². The van der Waals surface area contributed by atoms with E-state index in [0.717, 1.165) is 38.9 Å². The van der Waals surface area contributed by atoms with E-state index in [4.69, 9.17) is 14.2 Å². The number of ether oxygens (including phenoxy) is 3.